The van der Waals surface area contributed by atoms with Crippen molar-refractivity contribution in [3.05, 3.63) is 84.2 Å². The molecule has 0 saturated carbocycles. The van der Waals surface area contributed by atoms with Crippen LogP contribution in [0.1, 0.15) is 23.5 Å². The van der Waals surface area contributed by atoms with E-state index in [1.54, 1.807) is 24.2 Å². The monoisotopic (exact) mass is 443 g/mol. The lowest BCUT2D eigenvalue weighted by atomic mass is 9.97. The zero-order valence-corrected chi connectivity index (χ0v) is 18.8. The normalized spacial score (nSPS) is 15.8. The zero-order valence-electron chi connectivity index (χ0n) is 18.0. The van der Waals surface area contributed by atoms with Crippen LogP contribution in [0, 0.1) is 0 Å². The van der Waals surface area contributed by atoms with Crippen molar-refractivity contribution in [1.82, 2.24) is 9.55 Å². The predicted molar refractivity (Wildman–Crippen MR) is 130 cm³/mol. The van der Waals surface area contributed by atoms with Gasteiger partial charge in [-0.15, -0.1) is 11.8 Å². The number of carbonyl (C=O) groups excluding carboxylic acids is 1. The van der Waals surface area contributed by atoms with Gasteiger partial charge in [0.25, 0.3) is 0 Å². The van der Waals surface area contributed by atoms with Crippen molar-refractivity contribution in [1.29, 1.82) is 0 Å². The van der Waals surface area contributed by atoms with Gasteiger partial charge in [-0.05, 0) is 72.3 Å². The van der Waals surface area contributed by atoms with Crippen molar-refractivity contribution in [2.24, 2.45) is 0 Å². The number of aromatic nitrogens is 2. The fraction of sp³-hybridized carbons (Fsp3) is 0.231. The molecule has 1 aliphatic heterocycles. The summed E-state index contributed by atoms with van der Waals surface area (Å²) < 4.78 is 7.85. The molecular weight excluding hydrogens is 418 g/mol. The van der Waals surface area contributed by atoms with Crippen molar-refractivity contribution in [2.45, 2.75) is 23.8 Å². The van der Waals surface area contributed by atoms with E-state index in [0.717, 1.165) is 36.6 Å². The van der Waals surface area contributed by atoms with Gasteiger partial charge in [0.1, 0.15) is 0 Å². The Hall–Kier alpha value is -3.09. The Morgan fingerprint density at radius 2 is 2.06 bits per heavy atom. The number of ether oxygens (including phenoxy) is 1. The Kier molecular flexibility index (Phi) is 5.97. The van der Waals surface area contributed by atoms with Gasteiger partial charge in [0.05, 0.1) is 23.6 Å². The maximum absolute atomic E-state index is 12.4. The lowest BCUT2D eigenvalue weighted by molar-refractivity contribution is -0.115. The van der Waals surface area contributed by atoms with Gasteiger partial charge in [-0.25, -0.2) is 0 Å². The van der Waals surface area contributed by atoms with Crippen LogP contribution in [0.4, 0.5) is 5.69 Å². The molecule has 1 saturated heterocycles. The average Bonchev–Trinajstić information content (AvgIpc) is 3.48. The molecule has 5 nitrogen and oxygen atoms in total. The minimum atomic E-state index is -0.0506. The average molecular weight is 444 g/mol. The minimum Gasteiger partial charge on any atom is -0.381 e. The Labute approximate surface area is 191 Å². The molecule has 2 aromatic heterocycles. The molecule has 3 heterocycles. The van der Waals surface area contributed by atoms with Crippen LogP contribution in [-0.4, -0.2) is 34.9 Å². The maximum Gasteiger partial charge on any atom is 0.228 e. The fourth-order valence-corrected chi connectivity index (χ4v) is 4.89. The first-order valence-corrected chi connectivity index (χ1v) is 12.0. The number of rotatable bonds is 6. The van der Waals surface area contributed by atoms with Crippen LogP contribution in [0.3, 0.4) is 0 Å². The number of benzene rings is 2. The SMILES string of the molecule is CSc1cc2cc(C3CCOC3)ccc2n1-c1ccc(NC(=O)Cc2cccnc2)cc1. The van der Waals surface area contributed by atoms with E-state index in [0.29, 0.717) is 12.3 Å². The van der Waals surface area contributed by atoms with E-state index >= 15 is 0 Å². The topological polar surface area (TPSA) is 56.1 Å². The molecule has 2 aromatic carbocycles. The van der Waals surface area contributed by atoms with E-state index in [-0.39, 0.29) is 5.91 Å². The Bertz CT molecular complexity index is 1230. The summed E-state index contributed by atoms with van der Waals surface area (Å²) in [5.74, 6) is 0.445. The summed E-state index contributed by atoms with van der Waals surface area (Å²) >= 11 is 1.73. The molecule has 1 fully saturated rings. The number of anilines is 1. The highest BCUT2D eigenvalue weighted by Gasteiger charge is 2.19. The van der Waals surface area contributed by atoms with Crippen LogP contribution in [0.2, 0.25) is 0 Å². The summed E-state index contributed by atoms with van der Waals surface area (Å²) in [4.78, 5) is 16.4. The van der Waals surface area contributed by atoms with Gasteiger partial charge >= 0.3 is 0 Å². The highest BCUT2D eigenvalue weighted by Crippen LogP contribution is 2.34. The summed E-state index contributed by atoms with van der Waals surface area (Å²) in [6, 6.07) is 20.8. The summed E-state index contributed by atoms with van der Waals surface area (Å²) in [5.41, 5.74) is 5.30. The number of hydrogen-bond donors (Lipinski definition) is 1. The van der Waals surface area contributed by atoms with Gasteiger partial charge in [0, 0.05) is 41.7 Å². The van der Waals surface area contributed by atoms with E-state index in [9.17, 15) is 4.79 Å². The molecule has 0 aliphatic carbocycles. The van der Waals surface area contributed by atoms with Crippen molar-refractivity contribution >= 4 is 34.3 Å². The van der Waals surface area contributed by atoms with Gasteiger partial charge in [-0.3, -0.25) is 9.78 Å². The molecule has 0 radical (unpaired) electrons. The van der Waals surface area contributed by atoms with Crippen LogP contribution < -0.4 is 5.32 Å². The Morgan fingerprint density at radius 3 is 2.78 bits per heavy atom. The summed E-state index contributed by atoms with van der Waals surface area (Å²) in [6.45, 7) is 1.67. The predicted octanol–water partition coefficient (Wildman–Crippen LogP) is 5.43. The second-order valence-corrected chi connectivity index (χ2v) is 8.86. The Balaban J connectivity index is 1.38. The molecule has 5 rings (SSSR count). The molecule has 1 N–H and O–H groups in total. The second-order valence-electron chi connectivity index (χ2n) is 8.03. The lowest BCUT2D eigenvalue weighted by Crippen LogP contribution is -2.14. The van der Waals surface area contributed by atoms with Crippen molar-refractivity contribution in [3.8, 4) is 5.69 Å². The number of carbonyl (C=O) groups is 1. The van der Waals surface area contributed by atoms with Crippen LogP contribution in [-0.2, 0) is 16.0 Å². The first kappa shape index (κ1) is 20.8. The summed E-state index contributed by atoms with van der Waals surface area (Å²) in [5, 5.41) is 5.41. The van der Waals surface area contributed by atoms with E-state index in [4.69, 9.17) is 4.74 Å². The molecule has 32 heavy (non-hydrogen) atoms. The van der Waals surface area contributed by atoms with Crippen LogP contribution in [0.5, 0.6) is 0 Å². The molecule has 6 heteroatoms. The standard InChI is InChI=1S/C26H25N3O2S/c1-32-26-15-21-14-19(20-10-12-31-17-20)4-9-24(21)29(26)23-7-5-22(6-8-23)28-25(30)13-18-3-2-11-27-16-18/h2-9,11,14-16,20H,10,12-13,17H2,1H3,(H,28,30). The largest absolute Gasteiger partial charge is 0.381 e. The molecule has 1 aliphatic rings. The maximum atomic E-state index is 12.4. The van der Waals surface area contributed by atoms with E-state index < -0.39 is 0 Å². The quantitative estimate of drug-likeness (QED) is 0.404. The number of nitrogens with zero attached hydrogens (tertiary/aromatic N) is 2. The van der Waals surface area contributed by atoms with E-state index in [1.807, 2.05) is 24.3 Å². The van der Waals surface area contributed by atoms with Crippen LogP contribution >= 0.6 is 11.8 Å². The molecule has 1 atom stereocenters. The van der Waals surface area contributed by atoms with Gasteiger partial charge in [0.2, 0.25) is 5.91 Å². The Morgan fingerprint density at radius 1 is 1.19 bits per heavy atom. The van der Waals surface area contributed by atoms with Gasteiger partial charge in [-0.1, -0.05) is 12.1 Å². The lowest BCUT2D eigenvalue weighted by Gasteiger charge is -2.12. The fourth-order valence-electron chi connectivity index (χ4n) is 4.26. The first-order chi connectivity index (χ1) is 15.7. The number of thioether (sulfide) groups is 1. The smallest absolute Gasteiger partial charge is 0.228 e. The molecule has 0 spiro atoms. The third-order valence-corrected chi connectivity index (χ3v) is 6.62. The highest BCUT2D eigenvalue weighted by molar-refractivity contribution is 7.98. The van der Waals surface area contributed by atoms with E-state index in [1.165, 1.54) is 21.5 Å². The second kappa shape index (κ2) is 9.18. The third kappa shape index (κ3) is 4.29. The number of amides is 1. The highest BCUT2D eigenvalue weighted by atomic mass is 32.2. The van der Waals surface area contributed by atoms with Crippen LogP contribution in [0.15, 0.2) is 78.1 Å². The first-order valence-electron chi connectivity index (χ1n) is 10.8. The molecule has 4 aromatic rings. The van der Waals surface area contributed by atoms with Crippen molar-refractivity contribution < 1.29 is 9.53 Å². The molecule has 1 amide bonds. The van der Waals surface area contributed by atoms with Crippen molar-refractivity contribution in [2.75, 3.05) is 24.8 Å². The summed E-state index contributed by atoms with van der Waals surface area (Å²) in [6.07, 6.45) is 6.93. The molecule has 0 bridgehead atoms. The number of fused-ring (bicyclic) bond motifs is 1. The van der Waals surface area contributed by atoms with Gasteiger partial charge in [0.15, 0.2) is 0 Å². The number of hydrogen-bond acceptors (Lipinski definition) is 4. The zero-order chi connectivity index (χ0) is 21.9. The van der Waals surface area contributed by atoms with Crippen LogP contribution in [0.25, 0.3) is 16.6 Å². The minimum absolute atomic E-state index is 0.0506. The molecular formula is C26H25N3O2S. The number of pyridine rings is 1. The molecule has 162 valence electrons. The summed E-state index contributed by atoms with van der Waals surface area (Å²) in [7, 11) is 0. The number of nitrogens with one attached hydrogen (secondary N) is 1. The third-order valence-electron chi connectivity index (χ3n) is 5.90. The van der Waals surface area contributed by atoms with Gasteiger partial charge < -0.3 is 14.6 Å². The molecule has 1 unspecified atom stereocenters. The van der Waals surface area contributed by atoms with Gasteiger partial charge in [-0.2, -0.15) is 0 Å². The van der Waals surface area contributed by atoms with Crippen molar-refractivity contribution in [3.63, 3.8) is 0 Å². The van der Waals surface area contributed by atoms with E-state index in [2.05, 4.69) is 57.5 Å².